The van der Waals surface area contributed by atoms with E-state index < -0.39 is 0 Å². The largest absolute Gasteiger partial charge is 0.381 e. The van der Waals surface area contributed by atoms with Crippen molar-refractivity contribution in [2.45, 2.75) is 12.8 Å². The lowest BCUT2D eigenvalue weighted by molar-refractivity contribution is 0.0594. The molecule has 0 aromatic carbocycles. The van der Waals surface area contributed by atoms with Crippen LogP contribution in [0.1, 0.15) is 12.8 Å². The lowest BCUT2D eigenvalue weighted by Crippen LogP contribution is -2.25. The van der Waals surface area contributed by atoms with E-state index in [4.69, 9.17) is 16.3 Å². The minimum atomic E-state index is 0.415. The van der Waals surface area contributed by atoms with E-state index in [1.165, 1.54) is 12.7 Å². The molecule has 6 nitrogen and oxygen atoms in total. The zero-order chi connectivity index (χ0) is 12.4. The molecule has 1 aliphatic rings. The third-order valence-corrected chi connectivity index (χ3v) is 3.24. The van der Waals surface area contributed by atoms with Gasteiger partial charge in [-0.15, -0.1) is 0 Å². The third-order valence-electron chi connectivity index (χ3n) is 3.05. The van der Waals surface area contributed by atoms with Gasteiger partial charge in [0.1, 0.15) is 17.3 Å². The molecule has 1 atom stereocenters. The van der Waals surface area contributed by atoms with Crippen LogP contribution in [0.4, 0.5) is 5.82 Å². The van der Waals surface area contributed by atoms with Crippen LogP contribution >= 0.6 is 11.6 Å². The molecule has 3 rings (SSSR count). The summed E-state index contributed by atoms with van der Waals surface area (Å²) in [6.45, 7) is 2.53. The Morgan fingerprint density at radius 3 is 3.33 bits per heavy atom. The van der Waals surface area contributed by atoms with E-state index in [1.807, 2.05) is 0 Å². The van der Waals surface area contributed by atoms with Crippen LogP contribution in [0.25, 0.3) is 5.78 Å². The van der Waals surface area contributed by atoms with Gasteiger partial charge in [-0.3, -0.25) is 0 Å². The van der Waals surface area contributed by atoms with Crippen molar-refractivity contribution >= 4 is 23.2 Å². The molecular weight excluding hydrogens is 254 g/mol. The molecule has 3 heterocycles. The summed E-state index contributed by atoms with van der Waals surface area (Å²) < 4.78 is 7.10. The van der Waals surface area contributed by atoms with Crippen molar-refractivity contribution in [1.29, 1.82) is 0 Å². The number of hydrogen-bond donors (Lipinski definition) is 1. The molecule has 1 aliphatic heterocycles. The Bertz CT molecular complexity index is 537. The molecular formula is C11H14ClN5O. The number of anilines is 1. The number of hydrogen-bond acceptors (Lipinski definition) is 5. The number of nitrogens with one attached hydrogen (secondary N) is 1. The van der Waals surface area contributed by atoms with E-state index in [0.717, 1.165) is 32.0 Å². The first-order valence-electron chi connectivity index (χ1n) is 6.01. The van der Waals surface area contributed by atoms with Gasteiger partial charge in [0.2, 0.25) is 0 Å². The van der Waals surface area contributed by atoms with E-state index in [9.17, 15) is 0 Å². The molecule has 0 radical (unpaired) electrons. The monoisotopic (exact) mass is 267 g/mol. The Kier molecular flexibility index (Phi) is 3.29. The van der Waals surface area contributed by atoms with Gasteiger partial charge in [-0.1, -0.05) is 11.6 Å². The number of rotatable bonds is 3. The molecule has 2 aromatic heterocycles. The lowest BCUT2D eigenvalue weighted by atomic mass is 10.0. The Labute approximate surface area is 109 Å². The Hall–Kier alpha value is -1.40. The molecule has 7 heteroatoms. The highest BCUT2D eigenvalue weighted by molar-refractivity contribution is 6.29. The van der Waals surface area contributed by atoms with Gasteiger partial charge in [-0.2, -0.15) is 19.6 Å². The van der Waals surface area contributed by atoms with Crippen LogP contribution in [0.3, 0.4) is 0 Å². The fourth-order valence-electron chi connectivity index (χ4n) is 2.13. The molecule has 96 valence electrons. The summed E-state index contributed by atoms with van der Waals surface area (Å²) in [4.78, 5) is 8.11. The van der Waals surface area contributed by atoms with Crippen molar-refractivity contribution in [1.82, 2.24) is 19.6 Å². The standard InChI is InChI=1S/C11H14ClN5O/c12-9-4-10(17-11(16-9)14-7-15-17)13-5-8-2-1-3-18-6-8/h4,7-8,13H,1-3,5-6H2. The SMILES string of the molecule is Clc1cc(NCC2CCCOC2)n2ncnc2n1. The normalized spacial score (nSPS) is 20.2. The number of aromatic nitrogens is 4. The van der Waals surface area contributed by atoms with Gasteiger partial charge >= 0.3 is 0 Å². The fraction of sp³-hybridized carbons (Fsp3) is 0.545. The second kappa shape index (κ2) is 5.07. The summed E-state index contributed by atoms with van der Waals surface area (Å²) in [5, 5.41) is 7.87. The molecule has 18 heavy (non-hydrogen) atoms. The van der Waals surface area contributed by atoms with Gasteiger partial charge in [0, 0.05) is 19.2 Å². The average molecular weight is 268 g/mol. The molecule has 2 aromatic rings. The van der Waals surface area contributed by atoms with Gasteiger partial charge in [0.15, 0.2) is 0 Å². The van der Waals surface area contributed by atoms with Crippen molar-refractivity contribution in [2.24, 2.45) is 5.92 Å². The maximum atomic E-state index is 5.95. The van der Waals surface area contributed by atoms with Gasteiger partial charge in [-0.25, -0.2) is 0 Å². The Morgan fingerprint density at radius 2 is 2.50 bits per heavy atom. The summed E-state index contributed by atoms with van der Waals surface area (Å²) in [5.41, 5.74) is 0. The molecule has 0 saturated carbocycles. The summed E-state index contributed by atoms with van der Waals surface area (Å²) in [6, 6.07) is 1.76. The van der Waals surface area contributed by atoms with Crippen molar-refractivity contribution in [3.8, 4) is 0 Å². The molecule has 1 saturated heterocycles. The Morgan fingerprint density at radius 1 is 1.56 bits per heavy atom. The van der Waals surface area contributed by atoms with E-state index in [2.05, 4.69) is 20.4 Å². The highest BCUT2D eigenvalue weighted by atomic mass is 35.5. The number of halogens is 1. The molecule has 0 aliphatic carbocycles. The fourth-order valence-corrected chi connectivity index (χ4v) is 2.31. The maximum Gasteiger partial charge on any atom is 0.255 e. The summed E-state index contributed by atoms with van der Waals surface area (Å²) in [5.74, 6) is 1.85. The minimum Gasteiger partial charge on any atom is -0.381 e. The van der Waals surface area contributed by atoms with Gasteiger partial charge in [-0.05, 0) is 18.8 Å². The first-order valence-corrected chi connectivity index (χ1v) is 6.38. The highest BCUT2D eigenvalue weighted by Gasteiger charge is 2.14. The zero-order valence-electron chi connectivity index (χ0n) is 9.84. The predicted molar refractivity (Wildman–Crippen MR) is 67.8 cm³/mol. The van der Waals surface area contributed by atoms with Crippen molar-refractivity contribution in [2.75, 3.05) is 25.1 Å². The zero-order valence-corrected chi connectivity index (χ0v) is 10.6. The quantitative estimate of drug-likeness (QED) is 0.856. The first-order chi connectivity index (χ1) is 8.83. The number of fused-ring (bicyclic) bond motifs is 1. The van der Waals surface area contributed by atoms with Crippen molar-refractivity contribution in [3.05, 3.63) is 17.5 Å². The molecule has 0 bridgehead atoms. The first kappa shape index (κ1) is 11.7. The van der Waals surface area contributed by atoms with E-state index >= 15 is 0 Å². The molecule has 0 spiro atoms. The third kappa shape index (κ3) is 2.39. The summed E-state index contributed by atoms with van der Waals surface area (Å²) >= 11 is 5.95. The second-order valence-corrected chi connectivity index (χ2v) is 4.79. The molecule has 1 unspecified atom stereocenters. The van der Waals surface area contributed by atoms with Gasteiger partial charge in [0.05, 0.1) is 6.61 Å². The minimum absolute atomic E-state index is 0.415. The molecule has 1 fully saturated rings. The van der Waals surface area contributed by atoms with Crippen molar-refractivity contribution < 1.29 is 4.74 Å². The van der Waals surface area contributed by atoms with Crippen LogP contribution in [0.15, 0.2) is 12.4 Å². The van der Waals surface area contributed by atoms with Crippen molar-refractivity contribution in [3.63, 3.8) is 0 Å². The Balaban J connectivity index is 1.75. The second-order valence-electron chi connectivity index (χ2n) is 4.40. The maximum absolute atomic E-state index is 5.95. The lowest BCUT2D eigenvalue weighted by Gasteiger charge is -2.22. The van der Waals surface area contributed by atoms with Gasteiger partial charge < -0.3 is 10.1 Å². The number of nitrogens with zero attached hydrogens (tertiary/aromatic N) is 4. The highest BCUT2D eigenvalue weighted by Crippen LogP contribution is 2.17. The van der Waals surface area contributed by atoms with E-state index in [-0.39, 0.29) is 0 Å². The van der Waals surface area contributed by atoms with E-state index in [1.54, 1.807) is 10.6 Å². The number of ether oxygens (including phenoxy) is 1. The van der Waals surface area contributed by atoms with Crippen LogP contribution in [0, 0.1) is 5.92 Å². The van der Waals surface area contributed by atoms with E-state index in [0.29, 0.717) is 16.8 Å². The van der Waals surface area contributed by atoms with Crippen LogP contribution < -0.4 is 5.32 Å². The van der Waals surface area contributed by atoms with Crippen LogP contribution in [-0.4, -0.2) is 39.3 Å². The summed E-state index contributed by atoms with van der Waals surface area (Å²) in [6.07, 6.45) is 3.78. The predicted octanol–water partition coefficient (Wildman–Crippen LogP) is 1.62. The average Bonchev–Trinajstić information content (AvgIpc) is 2.85. The summed E-state index contributed by atoms with van der Waals surface area (Å²) in [7, 11) is 0. The van der Waals surface area contributed by atoms with Crippen LogP contribution in [-0.2, 0) is 4.74 Å². The molecule has 1 N–H and O–H groups in total. The molecule has 0 amide bonds. The topological polar surface area (TPSA) is 64.3 Å². The smallest absolute Gasteiger partial charge is 0.255 e. The van der Waals surface area contributed by atoms with Gasteiger partial charge in [0.25, 0.3) is 5.78 Å². The van der Waals surface area contributed by atoms with Crippen LogP contribution in [0.5, 0.6) is 0 Å². The van der Waals surface area contributed by atoms with Crippen LogP contribution in [0.2, 0.25) is 5.15 Å².